The first-order valence-corrected chi connectivity index (χ1v) is 8.36. The Bertz CT molecular complexity index is 1030. The van der Waals surface area contributed by atoms with Crippen LogP contribution < -0.4 is 10.1 Å². The van der Waals surface area contributed by atoms with Gasteiger partial charge >= 0.3 is 6.18 Å². The lowest BCUT2D eigenvalue weighted by Crippen LogP contribution is -2.15. The molecule has 8 heteroatoms. The molecule has 0 aliphatic carbocycles. The van der Waals surface area contributed by atoms with Crippen LogP contribution in [-0.4, -0.2) is 5.91 Å². The van der Waals surface area contributed by atoms with Gasteiger partial charge in [0.1, 0.15) is 23.1 Å². The van der Waals surface area contributed by atoms with Crippen molar-refractivity contribution in [1.82, 2.24) is 0 Å². The van der Waals surface area contributed by atoms with Gasteiger partial charge in [0.05, 0.1) is 11.1 Å². The summed E-state index contributed by atoms with van der Waals surface area (Å²) in [6.07, 6.45) is -4.71. The summed E-state index contributed by atoms with van der Waals surface area (Å²) in [6.45, 7) is 1.59. The molecule has 0 heterocycles. The Hall–Kier alpha value is -3.42. The van der Waals surface area contributed by atoms with Gasteiger partial charge in [0.25, 0.3) is 5.91 Å². The Morgan fingerprint density at radius 3 is 2.28 bits per heavy atom. The van der Waals surface area contributed by atoms with Gasteiger partial charge in [0.2, 0.25) is 0 Å². The highest BCUT2D eigenvalue weighted by molar-refractivity contribution is 6.05. The quantitative estimate of drug-likeness (QED) is 0.513. The molecule has 0 atom stereocenters. The number of hydrogen-bond donors (Lipinski definition) is 1. The first-order chi connectivity index (χ1) is 13.6. The van der Waals surface area contributed by atoms with E-state index in [1.807, 2.05) is 0 Å². The van der Waals surface area contributed by atoms with Gasteiger partial charge in [-0.25, -0.2) is 8.78 Å². The molecule has 0 aromatic heterocycles. The summed E-state index contributed by atoms with van der Waals surface area (Å²) in [6, 6.07) is 11.5. The maximum atomic E-state index is 13.9. The van der Waals surface area contributed by atoms with E-state index in [0.29, 0.717) is 23.8 Å². The van der Waals surface area contributed by atoms with Crippen LogP contribution in [0.1, 0.15) is 21.5 Å². The van der Waals surface area contributed by atoms with Crippen molar-refractivity contribution in [2.24, 2.45) is 0 Å². The normalized spacial score (nSPS) is 11.2. The highest BCUT2D eigenvalue weighted by atomic mass is 19.4. The van der Waals surface area contributed by atoms with Crippen LogP contribution in [0.4, 0.5) is 27.6 Å². The van der Waals surface area contributed by atoms with E-state index in [1.165, 1.54) is 30.3 Å². The van der Waals surface area contributed by atoms with Crippen LogP contribution in [0.15, 0.2) is 60.7 Å². The molecule has 0 aliphatic rings. The van der Waals surface area contributed by atoms with Crippen molar-refractivity contribution in [3.05, 3.63) is 89.0 Å². The number of hydrogen-bond acceptors (Lipinski definition) is 2. The first-order valence-electron chi connectivity index (χ1n) is 8.36. The van der Waals surface area contributed by atoms with Crippen molar-refractivity contribution in [3.8, 4) is 11.5 Å². The number of aryl methyl sites for hydroxylation is 1. The molecular formula is C21H14F5NO2. The second-order valence-corrected chi connectivity index (χ2v) is 6.15. The summed E-state index contributed by atoms with van der Waals surface area (Å²) < 4.78 is 71.5. The zero-order valence-electron chi connectivity index (χ0n) is 15.0. The molecule has 3 aromatic carbocycles. The van der Waals surface area contributed by atoms with E-state index in [-0.39, 0.29) is 17.0 Å². The number of alkyl halides is 3. The van der Waals surface area contributed by atoms with E-state index in [0.717, 1.165) is 6.07 Å². The second-order valence-electron chi connectivity index (χ2n) is 6.15. The van der Waals surface area contributed by atoms with Crippen LogP contribution in [-0.2, 0) is 6.18 Å². The molecule has 0 saturated carbocycles. The molecule has 150 valence electrons. The zero-order valence-corrected chi connectivity index (χ0v) is 15.0. The van der Waals surface area contributed by atoms with Gasteiger partial charge in [-0.15, -0.1) is 0 Å². The minimum atomic E-state index is -4.71. The molecule has 0 unspecified atom stereocenters. The molecule has 29 heavy (non-hydrogen) atoms. The van der Waals surface area contributed by atoms with Gasteiger partial charge in [0.15, 0.2) is 0 Å². The Balaban J connectivity index is 1.78. The smallest absolute Gasteiger partial charge is 0.419 e. The zero-order chi connectivity index (χ0) is 21.2. The average Bonchev–Trinajstić information content (AvgIpc) is 2.62. The summed E-state index contributed by atoms with van der Waals surface area (Å²) in [7, 11) is 0. The number of amides is 1. The van der Waals surface area contributed by atoms with Crippen molar-refractivity contribution in [2.75, 3.05) is 5.32 Å². The van der Waals surface area contributed by atoms with Crippen molar-refractivity contribution >= 4 is 11.6 Å². The van der Waals surface area contributed by atoms with Crippen LogP contribution in [0.5, 0.6) is 11.5 Å². The lowest BCUT2D eigenvalue weighted by Gasteiger charge is -2.14. The van der Waals surface area contributed by atoms with Crippen molar-refractivity contribution < 1.29 is 31.5 Å². The number of halogens is 5. The van der Waals surface area contributed by atoms with Crippen molar-refractivity contribution in [1.29, 1.82) is 0 Å². The molecule has 1 N–H and O–H groups in total. The van der Waals surface area contributed by atoms with Crippen LogP contribution in [0.2, 0.25) is 0 Å². The van der Waals surface area contributed by atoms with Gasteiger partial charge in [-0.2, -0.15) is 13.2 Å². The summed E-state index contributed by atoms with van der Waals surface area (Å²) in [5.41, 5.74) is -0.498. The molecule has 1 amide bonds. The molecule has 0 radical (unpaired) electrons. The summed E-state index contributed by atoms with van der Waals surface area (Å²) in [4.78, 5) is 12.3. The van der Waals surface area contributed by atoms with Gasteiger partial charge in [0, 0.05) is 11.8 Å². The van der Waals surface area contributed by atoms with Crippen molar-refractivity contribution in [3.63, 3.8) is 0 Å². The number of ether oxygens (including phenoxy) is 1. The SMILES string of the molecule is Cc1cccc(F)c1C(=O)Nc1ccc(Oc2cc(F)ccc2C(F)(F)F)cc1. The summed E-state index contributed by atoms with van der Waals surface area (Å²) in [5.74, 6) is -2.90. The van der Waals surface area contributed by atoms with Gasteiger partial charge in [-0.1, -0.05) is 12.1 Å². The minimum absolute atomic E-state index is 0.00108. The topological polar surface area (TPSA) is 38.3 Å². The van der Waals surface area contributed by atoms with E-state index in [2.05, 4.69) is 5.32 Å². The van der Waals surface area contributed by atoms with Gasteiger partial charge in [-0.05, 0) is 55.0 Å². The number of nitrogens with one attached hydrogen (secondary N) is 1. The Morgan fingerprint density at radius 1 is 0.966 bits per heavy atom. The molecule has 0 fully saturated rings. The number of carbonyl (C=O) groups excluding carboxylic acids is 1. The molecule has 0 aliphatic heterocycles. The summed E-state index contributed by atoms with van der Waals surface area (Å²) >= 11 is 0. The highest BCUT2D eigenvalue weighted by Gasteiger charge is 2.34. The van der Waals surface area contributed by atoms with Crippen LogP contribution in [0.25, 0.3) is 0 Å². The van der Waals surface area contributed by atoms with E-state index in [9.17, 15) is 26.7 Å². The molecule has 3 aromatic rings. The molecule has 3 rings (SSSR count). The predicted octanol–water partition coefficient (Wildman–Crippen LogP) is 6.34. The third-order valence-electron chi connectivity index (χ3n) is 4.04. The largest absolute Gasteiger partial charge is 0.457 e. The predicted molar refractivity (Wildman–Crippen MR) is 97.0 cm³/mol. The average molecular weight is 407 g/mol. The standard InChI is InChI=1S/C21H14F5NO2/c1-12-3-2-4-17(23)19(12)20(28)27-14-6-8-15(9-7-14)29-18-11-13(22)5-10-16(18)21(24,25)26/h2-11H,1H3,(H,27,28). The Labute approximate surface area is 162 Å². The highest BCUT2D eigenvalue weighted by Crippen LogP contribution is 2.38. The van der Waals surface area contributed by atoms with E-state index in [4.69, 9.17) is 4.74 Å². The lowest BCUT2D eigenvalue weighted by atomic mass is 10.1. The molecule has 0 saturated heterocycles. The number of rotatable bonds is 4. The molecule has 0 bridgehead atoms. The van der Waals surface area contributed by atoms with Crippen LogP contribution >= 0.6 is 0 Å². The van der Waals surface area contributed by atoms with Crippen LogP contribution in [0.3, 0.4) is 0 Å². The monoisotopic (exact) mass is 407 g/mol. The number of anilines is 1. The van der Waals surface area contributed by atoms with E-state index >= 15 is 0 Å². The van der Waals surface area contributed by atoms with Crippen molar-refractivity contribution in [2.45, 2.75) is 13.1 Å². The first kappa shape index (κ1) is 20.3. The minimum Gasteiger partial charge on any atom is -0.457 e. The third-order valence-corrected chi connectivity index (χ3v) is 4.04. The maximum Gasteiger partial charge on any atom is 0.419 e. The molecular weight excluding hydrogens is 393 g/mol. The Morgan fingerprint density at radius 2 is 1.66 bits per heavy atom. The fraction of sp³-hybridized carbons (Fsp3) is 0.0952. The van der Waals surface area contributed by atoms with E-state index in [1.54, 1.807) is 13.0 Å². The van der Waals surface area contributed by atoms with Gasteiger partial charge in [-0.3, -0.25) is 4.79 Å². The molecule has 3 nitrogen and oxygen atoms in total. The second kappa shape index (κ2) is 7.90. The maximum absolute atomic E-state index is 13.9. The fourth-order valence-electron chi connectivity index (χ4n) is 2.66. The Kier molecular flexibility index (Phi) is 5.54. The van der Waals surface area contributed by atoms with Gasteiger partial charge < -0.3 is 10.1 Å². The summed E-state index contributed by atoms with van der Waals surface area (Å²) in [5, 5.41) is 2.50. The third kappa shape index (κ3) is 4.71. The molecule has 0 spiro atoms. The lowest BCUT2D eigenvalue weighted by molar-refractivity contribution is -0.138. The fourth-order valence-corrected chi connectivity index (χ4v) is 2.66. The van der Waals surface area contributed by atoms with Crippen LogP contribution in [0, 0.1) is 18.6 Å². The van der Waals surface area contributed by atoms with E-state index < -0.39 is 35.0 Å². The number of benzene rings is 3. The number of carbonyl (C=O) groups is 1.